The highest BCUT2D eigenvalue weighted by Gasteiger charge is 2.69. The molecule has 154 valence electrons. The average molecular weight is 414 g/mol. The fraction of sp³-hybridized carbons (Fsp3) is 0.250. The van der Waals surface area contributed by atoms with Crippen LogP contribution in [0.1, 0.15) is 29.7 Å². The van der Waals surface area contributed by atoms with E-state index >= 15 is 0 Å². The van der Waals surface area contributed by atoms with Gasteiger partial charge in [-0.05, 0) is 47.7 Å². The molecule has 4 rings (SSSR count). The second kappa shape index (κ2) is 7.37. The Morgan fingerprint density at radius 1 is 1.26 bits per heavy atom. The highest BCUT2D eigenvalue weighted by molar-refractivity contribution is 5.89. The van der Waals surface area contributed by atoms with Crippen LogP contribution in [0.4, 0.5) is 4.39 Å². The van der Waals surface area contributed by atoms with E-state index in [-0.39, 0.29) is 18.6 Å². The number of hydrogen-bond acceptors (Lipinski definition) is 6. The molecule has 2 heterocycles. The molecule has 2 aromatic carbocycles. The summed E-state index contributed by atoms with van der Waals surface area (Å²) in [6.07, 6.45) is 1.56. The molecule has 2 aliphatic heterocycles. The molecule has 2 aliphatic rings. The zero-order chi connectivity index (χ0) is 22.2. The van der Waals surface area contributed by atoms with Crippen molar-refractivity contribution in [2.75, 3.05) is 6.61 Å². The zero-order valence-electron chi connectivity index (χ0n) is 16.9. The van der Waals surface area contributed by atoms with Crippen molar-refractivity contribution in [3.63, 3.8) is 0 Å². The molecule has 0 unspecified atom stereocenters. The summed E-state index contributed by atoms with van der Waals surface area (Å²) < 4.78 is 19.4. The predicted octanol–water partition coefficient (Wildman–Crippen LogP) is 3.66. The van der Waals surface area contributed by atoms with Crippen molar-refractivity contribution in [3.8, 4) is 12.1 Å². The van der Waals surface area contributed by atoms with E-state index in [9.17, 15) is 19.7 Å². The van der Waals surface area contributed by atoms with Crippen molar-refractivity contribution in [1.29, 1.82) is 10.5 Å². The highest BCUT2D eigenvalue weighted by atomic mass is 19.1. The van der Waals surface area contributed by atoms with Gasteiger partial charge in [-0.3, -0.25) is 9.80 Å². The third-order valence-corrected chi connectivity index (χ3v) is 5.98. The van der Waals surface area contributed by atoms with Gasteiger partial charge in [0.15, 0.2) is 0 Å². The van der Waals surface area contributed by atoms with Gasteiger partial charge in [0.25, 0.3) is 5.54 Å². The summed E-state index contributed by atoms with van der Waals surface area (Å²) in [6.45, 7) is 5.84. The molecule has 0 bridgehead atoms. The number of fused-ring (bicyclic) bond motifs is 3. The summed E-state index contributed by atoms with van der Waals surface area (Å²) in [4.78, 5) is 13.6. The van der Waals surface area contributed by atoms with Gasteiger partial charge in [-0.25, -0.2) is 4.39 Å². The van der Waals surface area contributed by atoms with E-state index in [0.717, 1.165) is 11.1 Å². The van der Waals surface area contributed by atoms with E-state index in [1.54, 1.807) is 25.3 Å². The molecule has 0 radical (unpaired) electrons. The monoisotopic (exact) mass is 414 g/mol. The number of hydrazone groups is 1. The Balaban J connectivity index is 2.03. The molecule has 6 nitrogen and oxygen atoms in total. The minimum Gasteiger partial charge on any atom is -0.465 e. The molecule has 7 heteroatoms. The second-order valence-electron chi connectivity index (χ2n) is 7.53. The normalized spacial score (nSPS) is 22.8. The first kappa shape index (κ1) is 20.3. The lowest BCUT2D eigenvalue weighted by molar-refractivity contribution is -0.155. The second-order valence-corrected chi connectivity index (χ2v) is 7.53. The minimum atomic E-state index is -1.88. The Bertz CT molecular complexity index is 1180. The molecule has 0 aromatic heterocycles. The van der Waals surface area contributed by atoms with Gasteiger partial charge < -0.3 is 4.74 Å². The first-order chi connectivity index (χ1) is 14.9. The molecule has 0 N–H and O–H groups in total. The van der Waals surface area contributed by atoms with E-state index < -0.39 is 28.8 Å². The quantitative estimate of drug-likeness (QED) is 0.563. The fourth-order valence-electron chi connectivity index (χ4n) is 4.58. The SMILES string of the molecule is C=C1C(C#N)(C#N)N2N=Cc3ccccc3[C@H]2[C@@]1(Cc1cccc(F)c1)C(=O)OCC. The number of halogens is 1. The molecule has 0 spiro atoms. The number of carbonyl (C=O) groups excluding carboxylic acids is 1. The fourth-order valence-corrected chi connectivity index (χ4v) is 4.58. The lowest BCUT2D eigenvalue weighted by atomic mass is 9.67. The Morgan fingerprint density at radius 2 is 2.00 bits per heavy atom. The largest absolute Gasteiger partial charge is 0.465 e. The molecule has 0 aliphatic carbocycles. The van der Waals surface area contributed by atoms with Crippen LogP contribution in [-0.2, 0) is 16.0 Å². The van der Waals surface area contributed by atoms with E-state index in [2.05, 4.69) is 11.7 Å². The van der Waals surface area contributed by atoms with Crippen LogP contribution in [0.15, 0.2) is 65.8 Å². The topological polar surface area (TPSA) is 89.5 Å². The van der Waals surface area contributed by atoms with Gasteiger partial charge >= 0.3 is 5.97 Å². The molecule has 1 saturated heterocycles. The van der Waals surface area contributed by atoms with E-state index in [1.807, 2.05) is 36.4 Å². The zero-order valence-corrected chi connectivity index (χ0v) is 16.9. The standard InChI is InChI=1S/C24H19FN4O2/c1-3-31-22(30)24(12-17-7-6-9-19(25)11-17)16(2)23(14-26,15-27)29-21(24)20-10-5-4-8-18(20)13-28-29/h4-11,13,21H,2-3,12H2,1H3/t21-,24-/m0/s1. The van der Waals surface area contributed by atoms with Gasteiger partial charge in [0.2, 0.25) is 0 Å². The van der Waals surface area contributed by atoms with Gasteiger partial charge in [0.1, 0.15) is 23.4 Å². The summed E-state index contributed by atoms with van der Waals surface area (Å²) in [7, 11) is 0. The number of esters is 1. The minimum absolute atomic E-state index is 0.00143. The Kier molecular flexibility index (Phi) is 4.83. The number of carbonyl (C=O) groups is 1. The first-order valence-corrected chi connectivity index (χ1v) is 9.81. The molecule has 0 amide bonds. The summed E-state index contributed by atoms with van der Waals surface area (Å²) in [5.74, 6) is -1.08. The number of nitriles is 2. The van der Waals surface area contributed by atoms with Gasteiger partial charge in [0, 0.05) is 0 Å². The van der Waals surface area contributed by atoms with Crippen molar-refractivity contribution in [1.82, 2.24) is 5.01 Å². The first-order valence-electron chi connectivity index (χ1n) is 9.81. The van der Waals surface area contributed by atoms with Gasteiger partial charge in [-0.15, -0.1) is 0 Å². The number of nitrogens with zero attached hydrogens (tertiary/aromatic N) is 4. The smallest absolute Gasteiger partial charge is 0.319 e. The van der Waals surface area contributed by atoms with Crippen molar-refractivity contribution in [2.45, 2.75) is 24.9 Å². The predicted molar refractivity (Wildman–Crippen MR) is 111 cm³/mol. The average Bonchev–Trinajstić information content (AvgIpc) is 3.00. The van der Waals surface area contributed by atoms with Crippen molar-refractivity contribution >= 4 is 12.2 Å². The highest BCUT2D eigenvalue weighted by Crippen LogP contribution is 2.60. The third-order valence-electron chi connectivity index (χ3n) is 5.98. The van der Waals surface area contributed by atoms with E-state index in [4.69, 9.17) is 4.74 Å². The van der Waals surface area contributed by atoms with Gasteiger partial charge in [-0.1, -0.05) is 43.0 Å². The lowest BCUT2D eigenvalue weighted by Gasteiger charge is -2.37. The van der Waals surface area contributed by atoms with Crippen LogP contribution in [0.25, 0.3) is 0 Å². The summed E-state index contributed by atoms with van der Waals surface area (Å²) >= 11 is 0. The van der Waals surface area contributed by atoms with E-state index in [0.29, 0.717) is 5.56 Å². The van der Waals surface area contributed by atoms with Crippen LogP contribution in [0.3, 0.4) is 0 Å². The molecule has 31 heavy (non-hydrogen) atoms. The van der Waals surface area contributed by atoms with Crippen LogP contribution in [0.5, 0.6) is 0 Å². The molecule has 2 atom stereocenters. The lowest BCUT2D eigenvalue weighted by Crippen LogP contribution is -2.42. The van der Waals surface area contributed by atoms with Gasteiger partial charge in [-0.2, -0.15) is 15.6 Å². The number of hydrogen-bond donors (Lipinski definition) is 0. The van der Waals surface area contributed by atoms with Crippen LogP contribution in [0.2, 0.25) is 0 Å². The summed E-state index contributed by atoms with van der Waals surface area (Å²) in [5.41, 5.74) is -1.33. The van der Waals surface area contributed by atoms with Crippen molar-refractivity contribution < 1.29 is 13.9 Å². The summed E-state index contributed by atoms with van der Waals surface area (Å²) in [5, 5.41) is 25.9. The summed E-state index contributed by atoms with van der Waals surface area (Å²) in [6, 6.07) is 16.4. The van der Waals surface area contributed by atoms with Gasteiger partial charge in [0.05, 0.1) is 18.9 Å². The van der Waals surface area contributed by atoms with Crippen LogP contribution >= 0.6 is 0 Å². The van der Waals surface area contributed by atoms with Crippen molar-refractivity contribution in [2.24, 2.45) is 10.5 Å². The van der Waals surface area contributed by atoms with Crippen LogP contribution < -0.4 is 0 Å². The number of ether oxygens (including phenoxy) is 1. The van der Waals surface area contributed by atoms with E-state index in [1.165, 1.54) is 17.1 Å². The Labute approximate surface area is 179 Å². The maximum absolute atomic E-state index is 14.0. The van der Waals surface area contributed by atoms with Crippen molar-refractivity contribution in [3.05, 3.63) is 83.2 Å². The molecular weight excluding hydrogens is 395 g/mol. The molecule has 1 fully saturated rings. The number of rotatable bonds is 4. The Hall–Kier alpha value is -3.97. The molecular formula is C24H19FN4O2. The maximum atomic E-state index is 14.0. The Morgan fingerprint density at radius 3 is 2.68 bits per heavy atom. The third kappa shape index (κ3) is 2.74. The van der Waals surface area contributed by atoms with Crippen LogP contribution in [0, 0.1) is 33.9 Å². The number of benzene rings is 2. The maximum Gasteiger partial charge on any atom is 0.319 e. The van der Waals surface area contributed by atoms with Crippen LogP contribution in [-0.4, -0.2) is 29.3 Å². The molecule has 0 saturated carbocycles. The molecule has 2 aromatic rings.